The van der Waals surface area contributed by atoms with Gasteiger partial charge in [0, 0.05) is 4.88 Å². The molecular weight excluding hydrogens is 438 g/mol. The standard InChI is InChI=1S/C19H16F2N2O5S2/c20-19(21)30(26,27)12-7-5-11(6-8-12)18(25)28-10-16(24)23-17-14(9-22)13-3-1-2-4-15(13)29-17/h5-8,19H,1-4,10H2,(H,23,24). The number of thiophene rings is 1. The van der Waals surface area contributed by atoms with Crippen molar-refractivity contribution in [2.24, 2.45) is 0 Å². The van der Waals surface area contributed by atoms with Gasteiger partial charge >= 0.3 is 11.7 Å². The smallest absolute Gasteiger partial charge is 0.341 e. The lowest BCUT2D eigenvalue weighted by molar-refractivity contribution is -0.119. The molecule has 1 aliphatic carbocycles. The Morgan fingerprint density at radius 3 is 2.50 bits per heavy atom. The number of amides is 1. The van der Waals surface area contributed by atoms with Crippen LogP contribution in [0.3, 0.4) is 0 Å². The minimum atomic E-state index is -4.76. The summed E-state index contributed by atoms with van der Waals surface area (Å²) in [7, 11) is -4.76. The van der Waals surface area contributed by atoms with Gasteiger partial charge in [0.2, 0.25) is 9.84 Å². The molecule has 7 nitrogen and oxygen atoms in total. The molecule has 30 heavy (non-hydrogen) atoms. The van der Waals surface area contributed by atoms with E-state index in [1.54, 1.807) is 0 Å². The fourth-order valence-electron chi connectivity index (χ4n) is 3.03. The van der Waals surface area contributed by atoms with Crippen molar-refractivity contribution in [3.63, 3.8) is 0 Å². The predicted molar refractivity (Wildman–Crippen MR) is 104 cm³/mol. The van der Waals surface area contributed by atoms with Crippen LogP contribution in [0.15, 0.2) is 29.2 Å². The van der Waals surface area contributed by atoms with Gasteiger partial charge in [-0.2, -0.15) is 14.0 Å². The van der Waals surface area contributed by atoms with E-state index < -0.39 is 39.0 Å². The summed E-state index contributed by atoms with van der Waals surface area (Å²) in [6.45, 7) is -0.622. The van der Waals surface area contributed by atoms with Crippen molar-refractivity contribution in [1.29, 1.82) is 5.26 Å². The number of rotatable bonds is 6. The first-order valence-corrected chi connectivity index (χ1v) is 11.2. The monoisotopic (exact) mass is 454 g/mol. The summed E-state index contributed by atoms with van der Waals surface area (Å²) in [6.07, 6.45) is 3.66. The Balaban J connectivity index is 1.61. The minimum Gasteiger partial charge on any atom is -0.452 e. The van der Waals surface area contributed by atoms with E-state index >= 15 is 0 Å². The van der Waals surface area contributed by atoms with Crippen LogP contribution in [0.5, 0.6) is 0 Å². The molecular formula is C19H16F2N2O5S2. The Labute approximate surface area is 175 Å². The fraction of sp³-hybridized carbons (Fsp3) is 0.316. The number of carbonyl (C=O) groups is 2. The van der Waals surface area contributed by atoms with Crippen LogP contribution in [0, 0.1) is 11.3 Å². The molecule has 1 aromatic heterocycles. The highest BCUT2D eigenvalue weighted by Gasteiger charge is 2.27. The number of sulfone groups is 1. The van der Waals surface area contributed by atoms with Crippen LogP contribution in [-0.2, 0) is 32.2 Å². The van der Waals surface area contributed by atoms with E-state index in [-0.39, 0.29) is 5.56 Å². The van der Waals surface area contributed by atoms with Gasteiger partial charge in [-0.15, -0.1) is 11.3 Å². The molecule has 158 valence electrons. The number of hydrogen-bond acceptors (Lipinski definition) is 7. The number of ether oxygens (including phenoxy) is 1. The van der Waals surface area contributed by atoms with E-state index in [0.29, 0.717) is 10.6 Å². The molecule has 0 radical (unpaired) electrons. The van der Waals surface area contributed by atoms with E-state index in [9.17, 15) is 32.0 Å². The lowest BCUT2D eigenvalue weighted by Gasteiger charge is -2.09. The third-order valence-electron chi connectivity index (χ3n) is 4.52. The number of nitriles is 1. The normalized spacial score (nSPS) is 13.4. The number of anilines is 1. The number of halogens is 2. The number of hydrogen-bond donors (Lipinski definition) is 1. The average Bonchev–Trinajstić information content (AvgIpc) is 3.08. The van der Waals surface area contributed by atoms with Gasteiger partial charge in [0.15, 0.2) is 6.61 Å². The van der Waals surface area contributed by atoms with E-state index in [1.165, 1.54) is 11.3 Å². The van der Waals surface area contributed by atoms with Gasteiger partial charge in [-0.05, 0) is 55.5 Å². The zero-order valence-corrected chi connectivity index (χ0v) is 17.1. The lowest BCUT2D eigenvalue weighted by atomic mass is 9.96. The quantitative estimate of drug-likeness (QED) is 0.670. The maximum absolute atomic E-state index is 12.5. The second-order valence-corrected chi connectivity index (χ2v) is 9.50. The summed E-state index contributed by atoms with van der Waals surface area (Å²) < 4.78 is 52.7. The molecule has 1 aliphatic rings. The van der Waals surface area contributed by atoms with Crippen LogP contribution < -0.4 is 5.32 Å². The summed E-state index contributed by atoms with van der Waals surface area (Å²) >= 11 is 1.34. The molecule has 0 saturated heterocycles. The molecule has 1 heterocycles. The van der Waals surface area contributed by atoms with Crippen LogP contribution in [-0.4, -0.2) is 32.7 Å². The van der Waals surface area contributed by atoms with Crippen LogP contribution >= 0.6 is 11.3 Å². The van der Waals surface area contributed by atoms with Gasteiger partial charge in [-0.1, -0.05) is 0 Å². The molecule has 0 unspecified atom stereocenters. The van der Waals surface area contributed by atoms with Crippen molar-refractivity contribution in [2.75, 3.05) is 11.9 Å². The molecule has 3 rings (SSSR count). The van der Waals surface area contributed by atoms with Crippen molar-refractivity contribution in [3.05, 3.63) is 45.8 Å². The Bertz CT molecular complexity index is 1120. The van der Waals surface area contributed by atoms with Crippen LogP contribution in [0.4, 0.5) is 13.8 Å². The highest BCUT2D eigenvalue weighted by molar-refractivity contribution is 7.91. The molecule has 1 aromatic carbocycles. The van der Waals surface area contributed by atoms with E-state index in [2.05, 4.69) is 11.4 Å². The van der Waals surface area contributed by atoms with Gasteiger partial charge < -0.3 is 10.1 Å². The average molecular weight is 454 g/mol. The Morgan fingerprint density at radius 1 is 1.20 bits per heavy atom. The van der Waals surface area contributed by atoms with Gasteiger partial charge in [-0.25, -0.2) is 13.2 Å². The molecule has 11 heteroatoms. The maximum Gasteiger partial charge on any atom is 0.341 e. The first-order valence-electron chi connectivity index (χ1n) is 8.87. The number of fused-ring (bicyclic) bond motifs is 1. The predicted octanol–water partition coefficient (Wildman–Crippen LogP) is 3.29. The summed E-state index contributed by atoms with van der Waals surface area (Å²) in [4.78, 5) is 24.6. The van der Waals surface area contributed by atoms with E-state index in [1.807, 2.05) is 0 Å². The number of alkyl halides is 2. The van der Waals surface area contributed by atoms with E-state index in [0.717, 1.165) is 60.4 Å². The number of carbonyl (C=O) groups excluding carboxylic acids is 2. The highest BCUT2D eigenvalue weighted by Crippen LogP contribution is 2.37. The number of nitrogens with one attached hydrogen (secondary N) is 1. The Hall–Kier alpha value is -2.84. The molecule has 0 aliphatic heterocycles. The molecule has 0 saturated carbocycles. The zero-order chi connectivity index (χ0) is 21.9. The zero-order valence-electron chi connectivity index (χ0n) is 15.5. The van der Waals surface area contributed by atoms with Crippen LogP contribution in [0.25, 0.3) is 0 Å². The lowest BCUT2D eigenvalue weighted by Crippen LogP contribution is -2.21. The van der Waals surface area contributed by atoms with Gasteiger partial charge in [0.1, 0.15) is 11.1 Å². The van der Waals surface area contributed by atoms with Crippen LogP contribution in [0.1, 0.15) is 39.2 Å². The van der Waals surface area contributed by atoms with Crippen molar-refractivity contribution in [2.45, 2.75) is 36.3 Å². The molecule has 0 fully saturated rings. The fourth-order valence-corrected chi connectivity index (χ4v) is 5.01. The number of aryl methyl sites for hydroxylation is 1. The van der Waals surface area contributed by atoms with Gasteiger partial charge in [-0.3, -0.25) is 4.79 Å². The number of nitrogens with zero attached hydrogens (tertiary/aromatic N) is 1. The maximum atomic E-state index is 12.5. The highest BCUT2D eigenvalue weighted by atomic mass is 32.2. The molecule has 1 amide bonds. The van der Waals surface area contributed by atoms with Crippen molar-refractivity contribution < 1.29 is 31.5 Å². The minimum absolute atomic E-state index is 0.0969. The van der Waals surface area contributed by atoms with E-state index in [4.69, 9.17) is 4.74 Å². The number of esters is 1. The number of benzene rings is 1. The molecule has 2 aromatic rings. The Morgan fingerprint density at radius 2 is 1.87 bits per heavy atom. The van der Waals surface area contributed by atoms with Crippen LogP contribution in [0.2, 0.25) is 0 Å². The SMILES string of the molecule is N#Cc1c(NC(=O)COC(=O)c2ccc(S(=O)(=O)C(F)F)cc2)sc2c1CCCC2. The first kappa shape index (κ1) is 21.9. The second-order valence-electron chi connectivity index (χ2n) is 6.48. The summed E-state index contributed by atoms with van der Waals surface area (Å²) in [5.41, 5.74) is 1.30. The molecule has 1 N–H and O–H groups in total. The molecule has 0 bridgehead atoms. The van der Waals surface area contributed by atoms with Crippen molar-refractivity contribution in [3.8, 4) is 6.07 Å². The third kappa shape index (κ3) is 4.49. The molecule has 0 spiro atoms. The Kier molecular flexibility index (Phi) is 6.48. The second kappa shape index (κ2) is 8.89. The third-order valence-corrected chi connectivity index (χ3v) is 7.13. The molecule has 0 atom stereocenters. The largest absolute Gasteiger partial charge is 0.452 e. The summed E-state index contributed by atoms with van der Waals surface area (Å²) in [6, 6.07) is 5.90. The van der Waals surface area contributed by atoms with Gasteiger partial charge in [0.05, 0.1) is 16.0 Å². The van der Waals surface area contributed by atoms with Crippen molar-refractivity contribution >= 4 is 38.1 Å². The first-order chi connectivity index (χ1) is 14.2. The topological polar surface area (TPSA) is 113 Å². The van der Waals surface area contributed by atoms with Crippen molar-refractivity contribution in [1.82, 2.24) is 0 Å². The van der Waals surface area contributed by atoms with Gasteiger partial charge in [0.25, 0.3) is 5.91 Å². The summed E-state index contributed by atoms with van der Waals surface area (Å²) in [5, 5.41) is 12.4. The summed E-state index contributed by atoms with van der Waals surface area (Å²) in [5.74, 6) is -5.12.